The Morgan fingerprint density at radius 3 is 2.57 bits per heavy atom. The van der Waals surface area contributed by atoms with Crippen molar-refractivity contribution in [1.82, 2.24) is 25.1 Å². The van der Waals surface area contributed by atoms with Gasteiger partial charge >= 0.3 is 0 Å². The van der Waals surface area contributed by atoms with Gasteiger partial charge in [0.2, 0.25) is 0 Å². The number of hydrogen-bond donors (Lipinski definition) is 0. The SMILES string of the molecule is CC(Br)C(=O)/C(=C\N(C)C)c1nnnn1-c1ccccc1. The molecule has 0 aliphatic heterocycles. The van der Waals surface area contributed by atoms with Crippen LogP contribution in [0.1, 0.15) is 12.7 Å². The second-order valence-electron chi connectivity index (χ2n) is 4.74. The van der Waals surface area contributed by atoms with E-state index in [1.807, 2.05) is 44.4 Å². The van der Waals surface area contributed by atoms with Crippen LogP contribution in [-0.2, 0) is 4.79 Å². The third-order valence-electron chi connectivity index (χ3n) is 2.73. The molecule has 1 heterocycles. The van der Waals surface area contributed by atoms with Crippen LogP contribution in [0, 0.1) is 0 Å². The van der Waals surface area contributed by atoms with Crippen molar-refractivity contribution in [3.8, 4) is 5.69 Å². The number of allylic oxidation sites excluding steroid dienone is 1. The summed E-state index contributed by atoms with van der Waals surface area (Å²) in [7, 11) is 3.70. The van der Waals surface area contributed by atoms with Gasteiger partial charge in [-0.05, 0) is 29.5 Å². The number of tetrazole rings is 1. The molecular weight excluding hydrogens is 334 g/mol. The van der Waals surface area contributed by atoms with Crippen molar-refractivity contribution in [3.05, 3.63) is 42.4 Å². The van der Waals surface area contributed by atoms with Gasteiger partial charge < -0.3 is 4.90 Å². The second-order valence-corrected chi connectivity index (χ2v) is 6.11. The fourth-order valence-corrected chi connectivity index (χ4v) is 2.05. The van der Waals surface area contributed by atoms with E-state index in [0.717, 1.165) is 5.69 Å². The molecule has 0 saturated heterocycles. The summed E-state index contributed by atoms with van der Waals surface area (Å²) >= 11 is 3.31. The number of benzene rings is 1. The normalized spacial score (nSPS) is 13.0. The number of Topliss-reactive ketones (excluding diaryl/α,β-unsaturated/α-hetero) is 1. The van der Waals surface area contributed by atoms with Crippen LogP contribution in [0.4, 0.5) is 0 Å². The number of hydrogen-bond acceptors (Lipinski definition) is 5. The van der Waals surface area contributed by atoms with Gasteiger partial charge in [-0.2, -0.15) is 4.68 Å². The number of para-hydroxylation sites is 1. The predicted molar refractivity (Wildman–Crippen MR) is 84.2 cm³/mol. The van der Waals surface area contributed by atoms with Crippen LogP contribution < -0.4 is 0 Å². The van der Waals surface area contributed by atoms with Gasteiger partial charge in [0.25, 0.3) is 0 Å². The number of nitrogens with zero attached hydrogens (tertiary/aromatic N) is 5. The number of aromatic nitrogens is 4. The summed E-state index contributed by atoms with van der Waals surface area (Å²) in [4.78, 5) is 13.9. The van der Waals surface area contributed by atoms with E-state index in [9.17, 15) is 4.79 Å². The molecule has 7 heteroatoms. The zero-order valence-corrected chi connectivity index (χ0v) is 13.6. The van der Waals surface area contributed by atoms with E-state index in [1.165, 1.54) is 0 Å². The molecule has 1 atom stereocenters. The molecule has 0 radical (unpaired) electrons. The van der Waals surface area contributed by atoms with Crippen molar-refractivity contribution in [2.24, 2.45) is 0 Å². The highest BCUT2D eigenvalue weighted by molar-refractivity contribution is 9.10. The highest BCUT2D eigenvalue weighted by Crippen LogP contribution is 2.20. The molecular formula is C14H16BrN5O. The molecule has 0 amide bonds. The van der Waals surface area contributed by atoms with Crippen LogP contribution in [0.25, 0.3) is 11.3 Å². The molecule has 1 aromatic carbocycles. The summed E-state index contributed by atoms with van der Waals surface area (Å²) in [6.45, 7) is 1.78. The molecule has 6 nitrogen and oxygen atoms in total. The van der Waals surface area contributed by atoms with Crippen LogP contribution in [0.5, 0.6) is 0 Å². The van der Waals surface area contributed by atoms with Crippen molar-refractivity contribution >= 4 is 27.3 Å². The highest BCUT2D eigenvalue weighted by atomic mass is 79.9. The molecule has 0 spiro atoms. The van der Waals surface area contributed by atoms with Crippen LogP contribution in [0.15, 0.2) is 36.5 Å². The number of halogens is 1. The van der Waals surface area contributed by atoms with Crippen molar-refractivity contribution < 1.29 is 4.79 Å². The fourth-order valence-electron chi connectivity index (χ4n) is 1.80. The lowest BCUT2D eigenvalue weighted by atomic mass is 10.1. The molecule has 2 rings (SSSR count). The van der Waals surface area contributed by atoms with Gasteiger partial charge in [-0.1, -0.05) is 34.1 Å². The smallest absolute Gasteiger partial charge is 0.192 e. The minimum Gasteiger partial charge on any atom is -0.383 e. The Morgan fingerprint density at radius 2 is 2.00 bits per heavy atom. The van der Waals surface area contributed by atoms with Gasteiger partial charge in [0.05, 0.1) is 16.1 Å². The average Bonchev–Trinajstić information content (AvgIpc) is 2.93. The van der Waals surface area contributed by atoms with Gasteiger partial charge in [0.1, 0.15) is 0 Å². The van der Waals surface area contributed by atoms with Gasteiger partial charge in [0, 0.05) is 20.3 Å². The fraction of sp³-hybridized carbons (Fsp3) is 0.286. The van der Waals surface area contributed by atoms with E-state index in [2.05, 4.69) is 31.5 Å². The van der Waals surface area contributed by atoms with E-state index in [-0.39, 0.29) is 10.6 Å². The number of carbonyl (C=O) groups is 1. The minimum absolute atomic E-state index is 0.0734. The van der Waals surface area contributed by atoms with Crippen molar-refractivity contribution in [1.29, 1.82) is 0 Å². The first kappa shape index (κ1) is 15.4. The van der Waals surface area contributed by atoms with Crippen molar-refractivity contribution in [2.45, 2.75) is 11.8 Å². The van der Waals surface area contributed by atoms with E-state index >= 15 is 0 Å². The predicted octanol–water partition coefficient (Wildman–Crippen LogP) is 1.92. The molecule has 0 saturated carbocycles. The monoisotopic (exact) mass is 349 g/mol. The Kier molecular flexibility index (Phi) is 4.85. The summed E-state index contributed by atoms with van der Waals surface area (Å²) in [5.74, 6) is 0.349. The highest BCUT2D eigenvalue weighted by Gasteiger charge is 2.23. The molecule has 0 bridgehead atoms. The van der Waals surface area contributed by atoms with E-state index in [4.69, 9.17) is 0 Å². The van der Waals surface area contributed by atoms with Gasteiger partial charge in [-0.25, -0.2) is 0 Å². The largest absolute Gasteiger partial charge is 0.383 e. The van der Waals surface area contributed by atoms with Crippen LogP contribution in [-0.4, -0.2) is 49.8 Å². The molecule has 0 fully saturated rings. The third-order valence-corrected chi connectivity index (χ3v) is 3.14. The summed E-state index contributed by atoms with van der Waals surface area (Å²) in [6, 6.07) is 9.47. The molecule has 0 N–H and O–H groups in total. The first-order chi connectivity index (χ1) is 10.0. The lowest BCUT2D eigenvalue weighted by Gasteiger charge is -2.12. The number of ketones is 1. The molecule has 21 heavy (non-hydrogen) atoms. The van der Waals surface area contributed by atoms with Crippen molar-refractivity contribution in [3.63, 3.8) is 0 Å². The zero-order valence-electron chi connectivity index (χ0n) is 12.1. The number of carbonyl (C=O) groups excluding carboxylic acids is 1. The standard InChI is InChI=1S/C14H16BrN5O/c1-10(15)13(21)12(9-19(2)3)14-16-17-18-20(14)11-7-5-4-6-8-11/h4-10H,1-3H3/b12-9+. The van der Waals surface area contributed by atoms with Crippen LogP contribution in [0.3, 0.4) is 0 Å². The lowest BCUT2D eigenvalue weighted by molar-refractivity contribution is -0.113. The minimum atomic E-state index is -0.315. The molecule has 1 unspecified atom stereocenters. The topological polar surface area (TPSA) is 63.9 Å². The lowest BCUT2D eigenvalue weighted by Crippen LogP contribution is -2.18. The van der Waals surface area contributed by atoms with Crippen LogP contribution in [0.2, 0.25) is 0 Å². The Bertz CT molecular complexity index is 648. The number of rotatable bonds is 5. The maximum atomic E-state index is 12.4. The molecule has 110 valence electrons. The summed E-state index contributed by atoms with van der Waals surface area (Å²) in [6.07, 6.45) is 1.73. The van der Waals surface area contributed by atoms with E-state index in [0.29, 0.717) is 11.4 Å². The second kappa shape index (κ2) is 6.62. The number of alkyl halides is 1. The summed E-state index contributed by atoms with van der Waals surface area (Å²) in [5.41, 5.74) is 1.26. The average molecular weight is 350 g/mol. The summed E-state index contributed by atoms with van der Waals surface area (Å²) in [5, 5.41) is 11.7. The zero-order chi connectivity index (χ0) is 15.4. The Balaban J connectivity index is 2.53. The first-order valence-electron chi connectivity index (χ1n) is 6.41. The van der Waals surface area contributed by atoms with E-state index < -0.39 is 0 Å². The molecule has 1 aromatic heterocycles. The Labute approximate surface area is 131 Å². The van der Waals surface area contributed by atoms with Crippen LogP contribution >= 0.6 is 15.9 Å². The molecule has 0 aliphatic carbocycles. The van der Waals surface area contributed by atoms with E-state index in [1.54, 1.807) is 22.7 Å². The Morgan fingerprint density at radius 1 is 1.33 bits per heavy atom. The van der Waals surface area contributed by atoms with Gasteiger partial charge in [-0.15, -0.1) is 5.10 Å². The maximum Gasteiger partial charge on any atom is 0.192 e. The quantitative estimate of drug-likeness (QED) is 0.609. The molecule has 0 aliphatic rings. The maximum absolute atomic E-state index is 12.4. The molecule has 2 aromatic rings. The first-order valence-corrected chi connectivity index (χ1v) is 7.33. The van der Waals surface area contributed by atoms with Gasteiger partial charge in [-0.3, -0.25) is 4.79 Å². The third kappa shape index (κ3) is 3.55. The van der Waals surface area contributed by atoms with Gasteiger partial charge in [0.15, 0.2) is 11.6 Å². The Hall–Kier alpha value is -2.02. The summed E-state index contributed by atoms with van der Waals surface area (Å²) < 4.78 is 1.56. The van der Waals surface area contributed by atoms with Crippen molar-refractivity contribution in [2.75, 3.05) is 14.1 Å².